The fraction of sp³-hybridized carbons (Fsp3) is 0.667. The molecule has 2 rings (SSSR count). The van der Waals surface area contributed by atoms with Gasteiger partial charge >= 0.3 is 12.2 Å². The Labute approximate surface area is 105 Å². The van der Waals surface area contributed by atoms with Gasteiger partial charge in [0, 0.05) is 6.54 Å². The molecule has 6 heteroatoms. The first kappa shape index (κ1) is 12.7. The molecule has 2 heterocycles. The molecule has 3 atom stereocenters. The molecule has 0 aliphatic carbocycles. The van der Waals surface area contributed by atoms with Crippen molar-refractivity contribution in [3.63, 3.8) is 0 Å². The minimum Gasteiger partial charge on any atom is -0.465 e. The Kier molecular flexibility index (Phi) is 3.45. The number of allylic oxidation sites excluding steroid dienone is 1. The molecule has 2 fully saturated rings. The molecule has 6 nitrogen and oxygen atoms in total. The van der Waals surface area contributed by atoms with Crippen LogP contribution in [0.15, 0.2) is 12.7 Å². The van der Waals surface area contributed by atoms with Gasteiger partial charge in [-0.15, -0.1) is 6.58 Å². The summed E-state index contributed by atoms with van der Waals surface area (Å²) in [6.45, 7) is 3.93. The van der Waals surface area contributed by atoms with Crippen LogP contribution in [0.4, 0.5) is 9.59 Å². The summed E-state index contributed by atoms with van der Waals surface area (Å²) in [7, 11) is 0. The van der Waals surface area contributed by atoms with Crippen LogP contribution in [0.1, 0.15) is 25.7 Å². The normalized spacial score (nSPS) is 30.3. The van der Waals surface area contributed by atoms with Crippen LogP contribution in [0.2, 0.25) is 0 Å². The highest BCUT2D eigenvalue weighted by atomic mass is 16.4. The Bertz CT molecular complexity index is 371. The number of likely N-dealkylation sites (tertiary alicyclic amines) is 1. The smallest absolute Gasteiger partial charge is 0.407 e. The number of piperazine rings is 1. The van der Waals surface area contributed by atoms with E-state index in [0.29, 0.717) is 19.4 Å². The summed E-state index contributed by atoms with van der Waals surface area (Å²) in [6, 6.07) is -0.615. The standard InChI is InChI=1S/C12H18N2O4/c1-2-3-4-9-10-6-5-8(14(10)12(17)18)7-13(9)11(15)16/h2,8-10H,1,3-7H2,(H,15,16)(H,17,18)/t8-,9-,10+/m1/s1. The molecule has 2 saturated heterocycles. The maximum Gasteiger partial charge on any atom is 0.407 e. The molecular weight excluding hydrogens is 236 g/mol. The second-order valence-corrected chi connectivity index (χ2v) is 4.86. The lowest BCUT2D eigenvalue weighted by molar-refractivity contribution is 0.0223. The van der Waals surface area contributed by atoms with E-state index in [0.717, 1.165) is 12.8 Å². The van der Waals surface area contributed by atoms with Gasteiger partial charge in [-0.3, -0.25) is 4.90 Å². The summed E-state index contributed by atoms with van der Waals surface area (Å²) in [5, 5.41) is 18.5. The summed E-state index contributed by atoms with van der Waals surface area (Å²) in [5.41, 5.74) is 0. The minimum atomic E-state index is -0.953. The van der Waals surface area contributed by atoms with Crippen molar-refractivity contribution in [2.75, 3.05) is 6.54 Å². The topological polar surface area (TPSA) is 81.1 Å². The molecule has 0 radical (unpaired) electrons. The van der Waals surface area contributed by atoms with E-state index in [4.69, 9.17) is 0 Å². The first-order chi connectivity index (χ1) is 8.56. The minimum absolute atomic E-state index is 0.177. The maximum absolute atomic E-state index is 11.3. The zero-order chi connectivity index (χ0) is 13.3. The van der Waals surface area contributed by atoms with E-state index in [1.54, 1.807) is 6.08 Å². The van der Waals surface area contributed by atoms with Crippen LogP contribution in [0.5, 0.6) is 0 Å². The predicted octanol–water partition coefficient (Wildman–Crippen LogP) is 1.83. The Hall–Kier alpha value is -1.72. The number of hydrogen-bond acceptors (Lipinski definition) is 2. The van der Waals surface area contributed by atoms with Crippen LogP contribution >= 0.6 is 0 Å². The molecule has 0 aromatic carbocycles. The van der Waals surface area contributed by atoms with E-state index in [1.165, 1.54) is 9.80 Å². The van der Waals surface area contributed by atoms with Gasteiger partial charge in [0.2, 0.25) is 0 Å². The number of carboxylic acid groups (broad SMARTS) is 2. The first-order valence-corrected chi connectivity index (χ1v) is 6.18. The average molecular weight is 254 g/mol. The van der Waals surface area contributed by atoms with Crippen molar-refractivity contribution in [2.45, 2.75) is 43.8 Å². The molecule has 2 aliphatic rings. The first-order valence-electron chi connectivity index (χ1n) is 6.18. The van der Waals surface area contributed by atoms with Gasteiger partial charge in [-0.25, -0.2) is 9.59 Å². The largest absolute Gasteiger partial charge is 0.465 e. The lowest BCUT2D eigenvalue weighted by Gasteiger charge is -2.44. The lowest BCUT2D eigenvalue weighted by Crippen LogP contribution is -2.62. The maximum atomic E-state index is 11.3. The van der Waals surface area contributed by atoms with Crippen molar-refractivity contribution >= 4 is 12.2 Å². The zero-order valence-corrected chi connectivity index (χ0v) is 10.2. The quantitative estimate of drug-likeness (QED) is 0.753. The van der Waals surface area contributed by atoms with Crippen LogP contribution in [0, 0.1) is 0 Å². The van der Waals surface area contributed by atoms with Crippen molar-refractivity contribution in [1.82, 2.24) is 9.80 Å². The van der Waals surface area contributed by atoms with Crippen LogP contribution in [-0.2, 0) is 0 Å². The van der Waals surface area contributed by atoms with Crippen LogP contribution < -0.4 is 0 Å². The highest BCUT2D eigenvalue weighted by molar-refractivity contribution is 5.70. The molecular formula is C12H18N2O4. The van der Waals surface area contributed by atoms with Gasteiger partial charge in [0.15, 0.2) is 0 Å². The molecule has 0 spiro atoms. The fourth-order valence-electron chi connectivity index (χ4n) is 3.19. The molecule has 2 bridgehead atoms. The van der Waals surface area contributed by atoms with Gasteiger partial charge in [-0.1, -0.05) is 6.08 Å². The fourth-order valence-corrected chi connectivity index (χ4v) is 3.19. The average Bonchev–Trinajstić information content (AvgIpc) is 2.64. The molecule has 0 unspecified atom stereocenters. The zero-order valence-electron chi connectivity index (χ0n) is 10.2. The number of carbonyl (C=O) groups is 2. The number of amides is 2. The molecule has 0 aromatic heterocycles. The number of rotatable bonds is 3. The van der Waals surface area contributed by atoms with E-state index in [1.807, 2.05) is 0 Å². The summed E-state index contributed by atoms with van der Waals surface area (Å²) in [5.74, 6) is 0. The highest BCUT2D eigenvalue weighted by Crippen LogP contribution is 2.36. The Balaban J connectivity index is 2.21. The Morgan fingerprint density at radius 3 is 2.56 bits per heavy atom. The molecule has 0 aromatic rings. The number of hydrogen-bond donors (Lipinski definition) is 2. The van der Waals surface area contributed by atoms with Crippen LogP contribution in [0.3, 0.4) is 0 Å². The summed E-state index contributed by atoms with van der Waals surface area (Å²) in [6.07, 6.45) is 2.70. The second kappa shape index (κ2) is 4.88. The third-order valence-corrected chi connectivity index (χ3v) is 3.93. The van der Waals surface area contributed by atoms with Crippen LogP contribution in [0.25, 0.3) is 0 Å². The number of nitrogens with zero attached hydrogens (tertiary/aromatic N) is 2. The molecule has 2 amide bonds. The molecule has 18 heavy (non-hydrogen) atoms. The SMILES string of the molecule is C=CCC[C@@H]1[C@@H]2CC[C@H](CN1C(=O)O)N2C(=O)O. The third-order valence-electron chi connectivity index (χ3n) is 3.93. The number of fused-ring (bicyclic) bond motifs is 2. The van der Waals surface area contributed by atoms with E-state index in [-0.39, 0.29) is 18.1 Å². The summed E-state index contributed by atoms with van der Waals surface area (Å²) < 4.78 is 0. The van der Waals surface area contributed by atoms with Gasteiger partial charge in [-0.2, -0.15) is 0 Å². The Morgan fingerprint density at radius 2 is 2.00 bits per heavy atom. The van der Waals surface area contributed by atoms with Crippen molar-refractivity contribution in [3.05, 3.63) is 12.7 Å². The van der Waals surface area contributed by atoms with Crippen molar-refractivity contribution in [1.29, 1.82) is 0 Å². The molecule has 2 aliphatic heterocycles. The summed E-state index contributed by atoms with van der Waals surface area (Å²) in [4.78, 5) is 25.4. The van der Waals surface area contributed by atoms with E-state index < -0.39 is 12.2 Å². The van der Waals surface area contributed by atoms with Gasteiger partial charge in [0.25, 0.3) is 0 Å². The second-order valence-electron chi connectivity index (χ2n) is 4.86. The third kappa shape index (κ3) is 2.02. The van der Waals surface area contributed by atoms with E-state index in [9.17, 15) is 19.8 Å². The monoisotopic (exact) mass is 254 g/mol. The van der Waals surface area contributed by atoms with Gasteiger partial charge < -0.3 is 15.1 Å². The van der Waals surface area contributed by atoms with Crippen molar-refractivity contribution in [2.24, 2.45) is 0 Å². The predicted molar refractivity (Wildman–Crippen MR) is 64.6 cm³/mol. The van der Waals surface area contributed by atoms with Crippen LogP contribution in [-0.4, -0.2) is 56.9 Å². The van der Waals surface area contributed by atoms with Gasteiger partial charge in [0.05, 0.1) is 18.1 Å². The Morgan fingerprint density at radius 1 is 1.28 bits per heavy atom. The van der Waals surface area contributed by atoms with Crippen molar-refractivity contribution < 1.29 is 19.8 Å². The molecule has 2 N–H and O–H groups in total. The van der Waals surface area contributed by atoms with E-state index >= 15 is 0 Å². The van der Waals surface area contributed by atoms with Gasteiger partial charge in [0.1, 0.15) is 0 Å². The van der Waals surface area contributed by atoms with E-state index in [2.05, 4.69) is 6.58 Å². The molecule has 0 saturated carbocycles. The highest BCUT2D eigenvalue weighted by Gasteiger charge is 2.49. The summed E-state index contributed by atoms with van der Waals surface area (Å²) >= 11 is 0. The molecule has 100 valence electrons. The lowest BCUT2D eigenvalue weighted by atomic mass is 9.98. The van der Waals surface area contributed by atoms with Gasteiger partial charge in [-0.05, 0) is 25.7 Å². The van der Waals surface area contributed by atoms with Crippen molar-refractivity contribution in [3.8, 4) is 0 Å².